The van der Waals surface area contributed by atoms with Crippen molar-refractivity contribution in [3.8, 4) is 0 Å². The Morgan fingerprint density at radius 1 is 1.14 bits per heavy atom. The fraction of sp³-hybridized carbons (Fsp3) is 0.111. The molecule has 9 heteroatoms. The molecule has 0 saturated heterocycles. The van der Waals surface area contributed by atoms with E-state index in [4.69, 9.17) is 0 Å². The van der Waals surface area contributed by atoms with Crippen molar-refractivity contribution < 1.29 is 19.1 Å². The van der Waals surface area contributed by atoms with Gasteiger partial charge in [0.1, 0.15) is 5.82 Å². The molecule has 0 aliphatic carbocycles. The van der Waals surface area contributed by atoms with E-state index in [9.17, 15) is 19.1 Å². The number of imidazole rings is 1. The van der Waals surface area contributed by atoms with Crippen molar-refractivity contribution in [3.05, 3.63) is 112 Å². The first kappa shape index (κ1) is 22.1. The molecular weight excluding hydrogens is 479 g/mol. The highest BCUT2D eigenvalue weighted by molar-refractivity contribution is 7.19. The van der Waals surface area contributed by atoms with E-state index in [1.807, 2.05) is 35.6 Å². The van der Waals surface area contributed by atoms with Crippen LogP contribution in [0.25, 0.3) is 16.0 Å². The zero-order valence-corrected chi connectivity index (χ0v) is 19.9. The predicted octanol–water partition coefficient (Wildman–Crippen LogP) is 5.17. The molecule has 1 aliphatic heterocycles. The molecule has 1 aliphatic rings. The minimum absolute atomic E-state index is 0.0774. The topological polar surface area (TPSA) is 87.8 Å². The lowest BCUT2D eigenvalue weighted by molar-refractivity contribution is -0.130. The highest BCUT2D eigenvalue weighted by Gasteiger charge is 2.44. The summed E-state index contributed by atoms with van der Waals surface area (Å²) in [5.41, 5.74) is 3.36. The number of thiazole rings is 1. The highest BCUT2D eigenvalue weighted by atomic mass is 32.1. The molecule has 5 aromatic rings. The summed E-state index contributed by atoms with van der Waals surface area (Å²) in [5, 5.41) is 11.0. The van der Waals surface area contributed by atoms with Gasteiger partial charge in [0.2, 0.25) is 5.78 Å². The Labute approximate surface area is 208 Å². The lowest BCUT2D eigenvalue weighted by atomic mass is 9.94. The van der Waals surface area contributed by atoms with E-state index in [1.54, 1.807) is 30.6 Å². The monoisotopic (exact) mass is 498 g/mol. The van der Waals surface area contributed by atoms with Gasteiger partial charge in [-0.25, -0.2) is 9.37 Å². The molecule has 6 rings (SSSR count). The molecule has 7 nitrogen and oxygen atoms in total. The molecule has 0 spiro atoms. The smallest absolute Gasteiger partial charge is 0.290 e. The number of carbonyl (C=O) groups excluding carboxylic acids is 2. The number of fused-ring (bicyclic) bond motifs is 3. The zero-order chi connectivity index (χ0) is 25.0. The lowest BCUT2D eigenvalue weighted by Gasteiger charge is -2.26. The third-order valence-electron chi connectivity index (χ3n) is 6.38. The SMILES string of the molecule is Cc1c(C(=O)C2=C(O)C(=O)N(Cc3cccnc3)C2c2cccc(F)c2)sc2nc3ccccc3n12. The van der Waals surface area contributed by atoms with Gasteiger partial charge in [0.25, 0.3) is 5.91 Å². The molecule has 1 atom stereocenters. The van der Waals surface area contributed by atoms with Crippen LogP contribution in [0.1, 0.15) is 32.5 Å². The number of aliphatic hydroxyl groups excluding tert-OH is 1. The molecular formula is C27H19FN4O3S. The molecule has 1 amide bonds. The fourth-order valence-corrected chi connectivity index (χ4v) is 5.85. The van der Waals surface area contributed by atoms with Gasteiger partial charge in [-0.1, -0.05) is 41.7 Å². The van der Waals surface area contributed by atoms with E-state index in [0.29, 0.717) is 26.7 Å². The molecule has 0 fully saturated rings. The summed E-state index contributed by atoms with van der Waals surface area (Å²) in [6.07, 6.45) is 3.22. The molecule has 0 saturated carbocycles. The van der Waals surface area contributed by atoms with E-state index in [2.05, 4.69) is 9.97 Å². The van der Waals surface area contributed by atoms with Crippen LogP contribution < -0.4 is 0 Å². The predicted molar refractivity (Wildman–Crippen MR) is 133 cm³/mol. The number of pyridine rings is 1. The van der Waals surface area contributed by atoms with Crippen molar-refractivity contribution in [3.63, 3.8) is 0 Å². The minimum Gasteiger partial charge on any atom is -0.503 e. The number of para-hydroxylation sites is 2. The largest absolute Gasteiger partial charge is 0.503 e. The summed E-state index contributed by atoms with van der Waals surface area (Å²) < 4.78 is 16.1. The first-order chi connectivity index (χ1) is 17.4. The van der Waals surface area contributed by atoms with Crippen LogP contribution in [0.4, 0.5) is 4.39 Å². The quantitative estimate of drug-likeness (QED) is 0.338. The molecule has 3 aromatic heterocycles. The van der Waals surface area contributed by atoms with Crippen molar-refractivity contribution in [2.24, 2.45) is 0 Å². The van der Waals surface area contributed by atoms with Crippen molar-refractivity contribution in [1.82, 2.24) is 19.3 Å². The first-order valence-electron chi connectivity index (χ1n) is 11.2. The Kier molecular flexibility index (Phi) is 5.15. The van der Waals surface area contributed by atoms with E-state index in [1.165, 1.54) is 34.4 Å². The summed E-state index contributed by atoms with van der Waals surface area (Å²) in [6.45, 7) is 1.90. The number of aromatic nitrogens is 3. The Balaban J connectivity index is 1.48. The third kappa shape index (κ3) is 3.39. The van der Waals surface area contributed by atoms with Gasteiger partial charge in [0.15, 0.2) is 10.7 Å². The summed E-state index contributed by atoms with van der Waals surface area (Å²) in [4.78, 5) is 38.3. The van der Waals surface area contributed by atoms with Crippen molar-refractivity contribution >= 4 is 39.0 Å². The molecule has 2 aromatic carbocycles. The summed E-state index contributed by atoms with van der Waals surface area (Å²) >= 11 is 1.20. The van der Waals surface area contributed by atoms with Crippen LogP contribution in [-0.2, 0) is 11.3 Å². The van der Waals surface area contributed by atoms with E-state index in [0.717, 1.165) is 11.0 Å². The lowest BCUT2D eigenvalue weighted by Crippen LogP contribution is -2.30. The molecule has 0 radical (unpaired) electrons. The number of carbonyl (C=O) groups is 2. The van der Waals surface area contributed by atoms with Gasteiger partial charge >= 0.3 is 0 Å². The van der Waals surface area contributed by atoms with Gasteiger partial charge in [0, 0.05) is 24.6 Å². The van der Waals surface area contributed by atoms with E-state index in [-0.39, 0.29) is 12.1 Å². The molecule has 4 heterocycles. The molecule has 178 valence electrons. The maximum atomic E-state index is 14.2. The number of hydrogen-bond donors (Lipinski definition) is 1. The number of amides is 1. The number of nitrogens with zero attached hydrogens (tertiary/aromatic N) is 4. The van der Waals surface area contributed by atoms with E-state index < -0.39 is 29.3 Å². The number of halogens is 1. The number of rotatable bonds is 5. The normalized spacial score (nSPS) is 16.0. The number of hydrogen-bond acceptors (Lipinski definition) is 6. The van der Waals surface area contributed by atoms with Crippen molar-refractivity contribution in [2.45, 2.75) is 19.5 Å². The van der Waals surface area contributed by atoms with Crippen LogP contribution >= 0.6 is 11.3 Å². The second-order valence-corrected chi connectivity index (χ2v) is 9.56. The highest BCUT2D eigenvalue weighted by Crippen LogP contribution is 2.41. The maximum Gasteiger partial charge on any atom is 0.290 e. The van der Waals surface area contributed by atoms with Gasteiger partial charge in [0.05, 0.1) is 27.5 Å². The van der Waals surface area contributed by atoms with Crippen molar-refractivity contribution in [2.75, 3.05) is 0 Å². The van der Waals surface area contributed by atoms with Gasteiger partial charge < -0.3 is 10.0 Å². The summed E-state index contributed by atoms with van der Waals surface area (Å²) in [6, 6.07) is 15.9. The Bertz CT molecular complexity index is 1710. The zero-order valence-electron chi connectivity index (χ0n) is 19.1. The average molecular weight is 499 g/mol. The van der Waals surface area contributed by atoms with Gasteiger partial charge in [-0.15, -0.1) is 0 Å². The first-order valence-corrected chi connectivity index (χ1v) is 12.1. The summed E-state index contributed by atoms with van der Waals surface area (Å²) in [5.74, 6) is -2.31. The molecule has 1 unspecified atom stereocenters. The maximum absolute atomic E-state index is 14.2. The third-order valence-corrected chi connectivity index (χ3v) is 7.52. The Morgan fingerprint density at radius 2 is 1.97 bits per heavy atom. The molecule has 1 N–H and O–H groups in total. The van der Waals surface area contributed by atoms with Crippen LogP contribution in [0.15, 0.2) is 84.4 Å². The molecule has 36 heavy (non-hydrogen) atoms. The van der Waals surface area contributed by atoms with Crippen LogP contribution in [0.5, 0.6) is 0 Å². The molecule has 0 bridgehead atoms. The number of benzene rings is 2. The number of ketones is 1. The van der Waals surface area contributed by atoms with Gasteiger partial charge in [-0.3, -0.25) is 19.0 Å². The number of aliphatic hydroxyl groups is 1. The van der Waals surface area contributed by atoms with Crippen LogP contribution in [0.3, 0.4) is 0 Å². The Morgan fingerprint density at radius 3 is 2.75 bits per heavy atom. The second kappa shape index (κ2) is 8.39. The fourth-order valence-electron chi connectivity index (χ4n) is 4.76. The average Bonchev–Trinajstić information content (AvgIpc) is 3.49. The standard InChI is InChI=1S/C27H19FN4O3S/c1-15-25(36-27-30-19-9-2-3-10-20(19)32(15)27)23(33)21-22(17-7-4-8-18(28)12-17)31(26(35)24(21)34)14-16-6-5-11-29-13-16/h2-13,22,34H,14H2,1H3. The van der Waals surface area contributed by atoms with Crippen LogP contribution in [0.2, 0.25) is 0 Å². The van der Waals surface area contributed by atoms with Gasteiger partial charge in [-0.05, 0) is 48.4 Å². The second-order valence-electron chi connectivity index (χ2n) is 8.58. The minimum atomic E-state index is -0.966. The number of aryl methyl sites for hydroxylation is 1. The van der Waals surface area contributed by atoms with Crippen LogP contribution in [0, 0.1) is 12.7 Å². The summed E-state index contributed by atoms with van der Waals surface area (Å²) in [7, 11) is 0. The van der Waals surface area contributed by atoms with Crippen LogP contribution in [-0.4, -0.2) is 36.1 Å². The Hall–Kier alpha value is -4.37. The van der Waals surface area contributed by atoms with Gasteiger partial charge in [-0.2, -0.15) is 0 Å². The number of Topliss-reactive ketones (excluding diaryl/α,β-unsaturated/α-hetero) is 1. The van der Waals surface area contributed by atoms with Crippen molar-refractivity contribution in [1.29, 1.82) is 0 Å². The van der Waals surface area contributed by atoms with E-state index >= 15 is 0 Å².